The maximum absolute atomic E-state index is 12.7. The van der Waals surface area contributed by atoms with Crippen LogP contribution in [0.2, 0.25) is 0 Å². The number of rotatable bonds is 6. The third-order valence-corrected chi connectivity index (χ3v) is 5.53. The van der Waals surface area contributed by atoms with E-state index in [2.05, 4.69) is 14.9 Å². The Hall–Kier alpha value is -2.80. The molecule has 0 saturated carbocycles. The third-order valence-electron chi connectivity index (χ3n) is 4.66. The summed E-state index contributed by atoms with van der Waals surface area (Å²) in [5.74, 6) is 0.661. The molecule has 0 saturated heterocycles. The molecule has 0 aliphatic carbocycles. The number of aliphatic hydroxyl groups excluding tert-OH is 1. The van der Waals surface area contributed by atoms with Crippen LogP contribution < -0.4 is 5.56 Å². The van der Waals surface area contributed by atoms with Crippen LogP contribution in [-0.4, -0.2) is 27.0 Å². The lowest BCUT2D eigenvalue weighted by atomic mass is 10.1. The Bertz CT molecular complexity index is 1130. The molecule has 0 radical (unpaired) electrons. The van der Waals surface area contributed by atoms with E-state index in [1.165, 1.54) is 11.3 Å². The monoisotopic (exact) mass is 391 g/mol. The third kappa shape index (κ3) is 3.89. The number of nitrogens with one attached hydrogen (secondary N) is 1. The normalized spacial score (nSPS) is 11.4. The minimum absolute atomic E-state index is 0.0487. The van der Waals surface area contributed by atoms with Gasteiger partial charge in [0.15, 0.2) is 0 Å². The number of fused-ring (bicyclic) bond motifs is 1. The molecule has 6 heteroatoms. The van der Waals surface area contributed by atoms with Crippen LogP contribution in [0.15, 0.2) is 64.8 Å². The number of aromatic amines is 1. The highest BCUT2D eigenvalue weighted by Gasteiger charge is 2.13. The van der Waals surface area contributed by atoms with Gasteiger partial charge in [-0.2, -0.15) is 0 Å². The molecular formula is C22H21N3O2S. The predicted molar refractivity (Wildman–Crippen MR) is 113 cm³/mol. The van der Waals surface area contributed by atoms with E-state index in [1.54, 1.807) is 0 Å². The van der Waals surface area contributed by atoms with Gasteiger partial charge in [-0.1, -0.05) is 54.6 Å². The molecule has 142 valence electrons. The van der Waals surface area contributed by atoms with Crippen molar-refractivity contribution in [2.45, 2.75) is 19.7 Å². The first-order valence-corrected chi connectivity index (χ1v) is 9.95. The molecule has 0 fully saturated rings. The lowest BCUT2D eigenvalue weighted by Crippen LogP contribution is -2.21. The molecule has 2 N–H and O–H groups in total. The van der Waals surface area contributed by atoms with E-state index in [1.807, 2.05) is 67.0 Å². The zero-order valence-corrected chi connectivity index (χ0v) is 16.4. The van der Waals surface area contributed by atoms with Crippen molar-refractivity contribution in [3.63, 3.8) is 0 Å². The number of benzene rings is 2. The van der Waals surface area contributed by atoms with Gasteiger partial charge in [0.05, 0.1) is 18.5 Å². The van der Waals surface area contributed by atoms with Gasteiger partial charge in [0.1, 0.15) is 10.7 Å². The fraction of sp³-hybridized carbons (Fsp3) is 0.182. The molecule has 28 heavy (non-hydrogen) atoms. The summed E-state index contributed by atoms with van der Waals surface area (Å²) in [4.78, 5) is 23.2. The van der Waals surface area contributed by atoms with Crippen LogP contribution >= 0.6 is 11.3 Å². The van der Waals surface area contributed by atoms with Gasteiger partial charge < -0.3 is 10.1 Å². The van der Waals surface area contributed by atoms with Crippen LogP contribution in [0, 0.1) is 0 Å². The average Bonchev–Trinajstić information content (AvgIpc) is 3.14. The van der Waals surface area contributed by atoms with Crippen molar-refractivity contribution in [3.8, 4) is 11.1 Å². The minimum Gasteiger partial charge on any atom is -0.392 e. The van der Waals surface area contributed by atoms with E-state index in [0.717, 1.165) is 33.6 Å². The number of aromatic nitrogens is 2. The van der Waals surface area contributed by atoms with Gasteiger partial charge in [0.25, 0.3) is 5.56 Å². The van der Waals surface area contributed by atoms with Crippen molar-refractivity contribution in [3.05, 3.63) is 87.3 Å². The lowest BCUT2D eigenvalue weighted by molar-refractivity contribution is 0.281. The summed E-state index contributed by atoms with van der Waals surface area (Å²) in [7, 11) is 1.99. The molecule has 0 aliphatic rings. The van der Waals surface area contributed by atoms with Gasteiger partial charge in [0, 0.05) is 17.5 Å². The predicted octanol–water partition coefficient (Wildman–Crippen LogP) is 3.78. The van der Waals surface area contributed by atoms with Crippen molar-refractivity contribution < 1.29 is 5.11 Å². The zero-order chi connectivity index (χ0) is 19.5. The molecule has 2 aromatic carbocycles. The first-order chi connectivity index (χ1) is 13.6. The summed E-state index contributed by atoms with van der Waals surface area (Å²) < 4.78 is 0. The fourth-order valence-corrected chi connectivity index (χ4v) is 4.24. The highest BCUT2D eigenvalue weighted by atomic mass is 32.1. The molecule has 2 aromatic heterocycles. The Morgan fingerprint density at radius 3 is 2.46 bits per heavy atom. The summed E-state index contributed by atoms with van der Waals surface area (Å²) in [6.07, 6.45) is 0. The highest BCUT2D eigenvalue weighted by molar-refractivity contribution is 7.17. The second-order valence-electron chi connectivity index (χ2n) is 6.86. The van der Waals surface area contributed by atoms with E-state index < -0.39 is 0 Å². The summed E-state index contributed by atoms with van der Waals surface area (Å²) in [6, 6.07) is 17.8. The van der Waals surface area contributed by atoms with Gasteiger partial charge >= 0.3 is 0 Å². The van der Waals surface area contributed by atoms with Gasteiger partial charge in [-0.05, 0) is 23.7 Å². The topological polar surface area (TPSA) is 69.2 Å². The molecule has 0 atom stereocenters. The average molecular weight is 391 g/mol. The molecule has 0 bridgehead atoms. The van der Waals surface area contributed by atoms with Gasteiger partial charge in [0.2, 0.25) is 0 Å². The number of nitrogens with zero attached hydrogens (tertiary/aromatic N) is 2. The maximum Gasteiger partial charge on any atom is 0.260 e. The molecule has 0 aliphatic heterocycles. The van der Waals surface area contributed by atoms with Crippen LogP contribution in [0.25, 0.3) is 21.3 Å². The number of hydrogen-bond donors (Lipinski definition) is 2. The molecule has 5 nitrogen and oxygen atoms in total. The van der Waals surface area contributed by atoms with E-state index >= 15 is 0 Å². The number of H-pyrrole nitrogens is 1. The minimum atomic E-state index is -0.0965. The standard InChI is InChI=1S/C22H21N3O2S/c1-25(11-15-7-9-16(13-26)10-8-15)12-19-23-21(27)20-18(14-28-22(20)24-19)17-5-3-2-4-6-17/h2-10,14,26H,11-13H2,1H3,(H,23,24,27). The van der Waals surface area contributed by atoms with E-state index in [4.69, 9.17) is 5.11 Å². The number of thiophene rings is 1. The molecule has 0 amide bonds. The number of hydrogen-bond acceptors (Lipinski definition) is 5. The van der Waals surface area contributed by atoms with Gasteiger partial charge in [-0.15, -0.1) is 11.3 Å². The highest BCUT2D eigenvalue weighted by Crippen LogP contribution is 2.30. The Labute approximate surface area is 166 Å². The van der Waals surface area contributed by atoms with Crippen molar-refractivity contribution in [2.24, 2.45) is 0 Å². The summed E-state index contributed by atoms with van der Waals surface area (Å²) >= 11 is 1.50. The quantitative estimate of drug-likeness (QED) is 0.525. The van der Waals surface area contributed by atoms with Crippen molar-refractivity contribution in [2.75, 3.05) is 7.05 Å². The van der Waals surface area contributed by atoms with E-state index in [9.17, 15) is 4.79 Å². The van der Waals surface area contributed by atoms with Crippen LogP contribution in [0.1, 0.15) is 17.0 Å². The smallest absolute Gasteiger partial charge is 0.260 e. The zero-order valence-electron chi connectivity index (χ0n) is 15.6. The lowest BCUT2D eigenvalue weighted by Gasteiger charge is -2.16. The van der Waals surface area contributed by atoms with Crippen molar-refractivity contribution >= 4 is 21.6 Å². The van der Waals surface area contributed by atoms with Crippen LogP contribution in [0.3, 0.4) is 0 Å². The molecule has 0 spiro atoms. The molecule has 4 rings (SSSR count). The van der Waals surface area contributed by atoms with Crippen LogP contribution in [0.4, 0.5) is 0 Å². The maximum atomic E-state index is 12.7. The van der Waals surface area contributed by atoms with Crippen LogP contribution in [0.5, 0.6) is 0 Å². The van der Waals surface area contributed by atoms with E-state index in [0.29, 0.717) is 17.8 Å². The largest absolute Gasteiger partial charge is 0.392 e. The molecule has 2 heterocycles. The van der Waals surface area contributed by atoms with Gasteiger partial charge in [-0.3, -0.25) is 9.69 Å². The Kier molecular flexibility index (Phi) is 5.34. The summed E-state index contributed by atoms with van der Waals surface area (Å²) in [6.45, 7) is 1.33. The Morgan fingerprint density at radius 1 is 1.04 bits per heavy atom. The summed E-state index contributed by atoms with van der Waals surface area (Å²) in [5, 5.41) is 11.8. The Morgan fingerprint density at radius 2 is 1.75 bits per heavy atom. The SMILES string of the molecule is CN(Cc1ccc(CO)cc1)Cc1nc2scc(-c3ccccc3)c2c(=O)[nH]1. The fourth-order valence-electron chi connectivity index (χ4n) is 3.27. The second-order valence-corrected chi connectivity index (χ2v) is 7.71. The van der Waals surface area contributed by atoms with Crippen molar-refractivity contribution in [1.29, 1.82) is 0 Å². The first kappa shape index (κ1) is 18.6. The summed E-state index contributed by atoms with van der Waals surface area (Å²) in [5.41, 5.74) is 3.90. The van der Waals surface area contributed by atoms with Crippen molar-refractivity contribution in [1.82, 2.24) is 14.9 Å². The Balaban J connectivity index is 1.55. The second kappa shape index (κ2) is 8.06. The van der Waals surface area contributed by atoms with Crippen LogP contribution in [-0.2, 0) is 19.7 Å². The molecular weight excluding hydrogens is 370 g/mol. The molecule has 4 aromatic rings. The number of aliphatic hydroxyl groups is 1. The molecule has 0 unspecified atom stereocenters. The van der Waals surface area contributed by atoms with Gasteiger partial charge in [-0.25, -0.2) is 4.98 Å². The van der Waals surface area contributed by atoms with E-state index in [-0.39, 0.29) is 12.2 Å². The first-order valence-electron chi connectivity index (χ1n) is 9.07.